The summed E-state index contributed by atoms with van der Waals surface area (Å²) in [5.74, 6) is 0.790. The largest absolute Gasteiger partial charge is 0.491 e. The fourth-order valence-electron chi connectivity index (χ4n) is 2.65. The van der Waals surface area contributed by atoms with Crippen LogP contribution in [0.1, 0.15) is 33.1 Å². The summed E-state index contributed by atoms with van der Waals surface area (Å²) in [5.41, 5.74) is 7.93. The summed E-state index contributed by atoms with van der Waals surface area (Å²) in [5, 5.41) is 3.59. The highest BCUT2D eigenvalue weighted by Gasteiger charge is 2.23. The van der Waals surface area contributed by atoms with Crippen LogP contribution in [-0.2, 0) is 0 Å². The number of para-hydroxylation sites is 1. The number of piperidine rings is 1. The minimum absolute atomic E-state index is 0.491. The second-order valence-corrected chi connectivity index (χ2v) is 5.76. The van der Waals surface area contributed by atoms with Crippen LogP contribution < -0.4 is 15.8 Å². The van der Waals surface area contributed by atoms with Gasteiger partial charge >= 0.3 is 0 Å². The molecule has 1 heterocycles. The molecule has 4 nitrogen and oxygen atoms in total. The first-order chi connectivity index (χ1) is 9.61. The van der Waals surface area contributed by atoms with Crippen molar-refractivity contribution in [3.63, 3.8) is 0 Å². The van der Waals surface area contributed by atoms with Gasteiger partial charge in [0.25, 0.3) is 0 Å². The van der Waals surface area contributed by atoms with Crippen LogP contribution in [0.2, 0.25) is 0 Å². The summed E-state index contributed by atoms with van der Waals surface area (Å²) >= 11 is 0. The Bertz CT molecular complexity index is 436. The predicted molar refractivity (Wildman–Crippen MR) is 85.4 cm³/mol. The van der Waals surface area contributed by atoms with Crippen molar-refractivity contribution >= 4 is 11.4 Å². The van der Waals surface area contributed by atoms with Crippen LogP contribution >= 0.6 is 0 Å². The van der Waals surface area contributed by atoms with Gasteiger partial charge in [-0.1, -0.05) is 13.0 Å². The molecule has 1 fully saturated rings. The molecule has 0 amide bonds. The van der Waals surface area contributed by atoms with Gasteiger partial charge in [0, 0.05) is 18.6 Å². The lowest BCUT2D eigenvalue weighted by Gasteiger charge is -2.36. The number of nitrogens with one attached hydrogen (secondary N) is 1. The summed E-state index contributed by atoms with van der Waals surface area (Å²) < 4.78 is 5.68. The van der Waals surface area contributed by atoms with Crippen molar-refractivity contribution in [3.8, 4) is 5.75 Å². The van der Waals surface area contributed by atoms with Crippen molar-refractivity contribution in [1.29, 1.82) is 0 Å². The minimum atomic E-state index is 0.491. The van der Waals surface area contributed by atoms with Crippen LogP contribution in [0.5, 0.6) is 5.75 Å². The topological polar surface area (TPSA) is 50.5 Å². The molecule has 1 saturated heterocycles. The molecular formula is C16H27N3O. The highest BCUT2D eigenvalue weighted by atomic mass is 16.5. The second-order valence-electron chi connectivity index (χ2n) is 5.76. The number of nitrogens with zero attached hydrogens (tertiary/aromatic N) is 1. The van der Waals surface area contributed by atoms with Gasteiger partial charge in [-0.3, -0.25) is 0 Å². The number of hydrogen-bond donors (Lipinski definition) is 2. The average Bonchev–Trinajstić information content (AvgIpc) is 2.44. The summed E-state index contributed by atoms with van der Waals surface area (Å²) in [4.78, 5) is 2.41. The zero-order chi connectivity index (χ0) is 14.5. The van der Waals surface area contributed by atoms with Crippen molar-refractivity contribution in [1.82, 2.24) is 4.90 Å². The van der Waals surface area contributed by atoms with Gasteiger partial charge in [0.15, 0.2) is 0 Å². The molecule has 0 bridgehead atoms. The molecular weight excluding hydrogens is 250 g/mol. The highest BCUT2D eigenvalue weighted by Crippen LogP contribution is 2.31. The minimum Gasteiger partial charge on any atom is -0.491 e. The summed E-state index contributed by atoms with van der Waals surface area (Å²) in [6.07, 6.45) is 3.29. The molecule has 1 aromatic carbocycles. The molecule has 0 saturated carbocycles. The quantitative estimate of drug-likeness (QED) is 0.813. The zero-order valence-corrected chi connectivity index (χ0v) is 12.9. The number of benzene rings is 1. The third-order valence-electron chi connectivity index (χ3n) is 4.10. The Morgan fingerprint density at radius 3 is 2.95 bits per heavy atom. The van der Waals surface area contributed by atoms with Crippen LogP contribution in [0.25, 0.3) is 0 Å². The molecule has 1 aliphatic heterocycles. The Labute approximate surface area is 122 Å². The van der Waals surface area contributed by atoms with E-state index in [-0.39, 0.29) is 0 Å². The molecule has 0 aliphatic carbocycles. The van der Waals surface area contributed by atoms with Gasteiger partial charge in [0.2, 0.25) is 0 Å². The number of anilines is 2. The van der Waals surface area contributed by atoms with Crippen LogP contribution in [0.4, 0.5) is 11.4 Å². The van der Waals surface area contributed by atoms with E-state index < -0.39 is 0 Å². The molecule has 3 N–H and O–H groups in total. The van der Waals surface area contributed by atoms with Gasteiger partial charge in [-0.15, -0.1) is 0 Å². The maximum atomic E-state index is 6.21. The first-order valence-electron chi connectivity index (χ1n) is 7.60. The first kappa shape index (κ1) is 15.0. The van der Waals surface area contributed by atoms with E-state index >= 15 is 0 Å². The normalized spacial score (nSPS) is 23.6. The van der Waals surface area contributed by atoms with E-state index in [4.69, 9.17) is 10.5 Å². The van der Waals surface area contributed by atoms with E-state index in [9.17, 15) is 0 Å². The molecule has 2 unspecified atom stereocenters. The maximum Gasteiger partial charge on any atom is 0.144 e. The monoisotopic (exact) mass is 277 g/mol. The summed E-state index contributed by atoms with van der Waals surface area (Å²) in [7, 11) is 2.19. The third-order valence-corrected chi connectivity index (χ3v) is 4.10. The number of hydrogen-bond acceptors (Lipinski definition) is 4. The fourth-order valence-corrected chi connectivity index (χ4v) is 2.65. The van der Waals surface area contributed by atoms with Gasteiger partial charge in [0.05, 0.1) is 18.0 Å². The van der Waals surface area contributed by atoms with Gasteiger partial charge in [-0.25, -0.2) is 0 Å². The Kier molecular flexibility index (Phi) is 5.12. The van der Waals surface area contributed by atoms with Crippen LogP contribution in [0.15, 0.2) is 18.2 Å². The lowest BCUT2D eigenvalue weighted by atomic mass is 9.98. The molecule has 1 aromatic rings. The molecule has 2 rings (SSSR count). The highest BCUT2D eigenvalue weighted by molar-refractivity contribution is 5.73. The van der Waals surface area contributed by atoms with Crippen molar-refractivity contribution in [2.45, 2.75) is 45.2 Å². The summed E-state index contributed by atoms with van der Waals surface area (Å²) in [6, 6.07) is 7.08. The van der Waals surface area contributed by atoms with Crippen LogP contribution in [-0.4, -0.2) is 37.2 Å². The van der Waals surface area contributed by atoms with E-state index in [1.807, 2.05) is 18.2 Å². The molecule has 20 heavy (non-hydrogen) atoms. The molecule has 0 radical (unpaired) electrons. The van der Waals surface area contributed by atoms with Gasteiger partial charge in [-0.2, -0.15) is 0 Å². The van der Waals surface area contributed by atoms with Crippen molar-refractivity contribution < 1.29 is 4.74 Å². The number of likely N-dealkylation sites (tertiary alicyclic amines) is 1. The van der Waals surface area contributed by atoms with E-state index in [2.05, 4.69) is 31.1 Å². The molecule has 112 valence electrons. The van der Waals surface area contributed by atoms with Crippen LogP contribution in [0, 0.1) is 0 Å². The molecule has 2 atom stereocenters. The Hall–Kier alpha value is -1.42. The lowest BCUT2D eigenvalue weighted by Crippen LogP contribution is -2.42. The van der Waals surface area contributed by atoms with E-state index in [1.54, 1.807) is 0 Å². The number of ether oxygens (including phenoxy) is 1. The molecule has 1 aliphatic rings. The fraction of sp³-hybridized carbons (Fsp3) is 0.625. The zero-order valence-electron chi connectivity index (χ0n) is 12.9. The number of nitrogens with two attached hydrogens (primary N) is 1. The molecule has 4 heteroatoms. The maximum absolute atomic E-state index is 6.21. The van der Waals surface area contributed by atoms with E-state index in [1.165, 1.54) is 0 Å². The Morgan fingerprint density at radius 1 is 1.45 bits per heavy atom. The van der Waals surface area contributed by atoms with Gasteiger partial charge < -0.3 is 20.7 Å². The van der Waals surface area contributed by atoms with Gasteiger partial charge in [-0.05, 0) is 45.4 Å². The second kappa shape index (κ2) is 6.84. The van der Waals surface area contributed by atoms with Gasteiger partial charge in [0.1, 0.15) is 5.75 Å². The average molecular weight is 277 g/mol. The number of rotatable bonds is 5. The van der Waals surface area contributed by atoms with Crippen molar-refractivity contribution in [2.24, 2.45) is 0 Å². The van der Waals surface area contributed by atoms with Crippen molar-refractivity contribution in [2.75, 3.05) is 31.2 Å². The van der Waals surface area contributed by atoms with E-state index in [0.717, 1.165) is 42.9 Å². The standard InChI is InChI=1S/C16H27N3O/c1-4-10-20-15-7-5-6-14(16(15)17)18-13-8-9-19(3)12(2)11-13/h5-7,12-13,18H,4,8-11,17H2,1-3H3. The third kappa shape index (κ3) is 3.57. The smallest absolute Gasteiger partial charge is 0.144 e. The Morgan fingerprint density at radius 2 is 2.25 bits per heavy atom. The Balaban J connectivity index is 2.02. The summed E-state index contributed by atoms with van der Waals surface area (Å²) in [6.45, 7) is 6.21. The lowest BCUT2D eigenvalue weighted by molar-refractivity contribution is 0.190. The SMILES string of the molecule is CCCOc1cccc(NC2CCN(C)C(C)C2)c1N. The molecule has 0 aromatic heterocycles. The number of nitrogen functional groups attached to an aromatic ring is 1. The molecule has 0 spiro atoms. The van der Waals surface area contributed by atoms with E-state index in [0.29, 0.717) is 18.7 Å². The predicted octanol–water partition coefficient (Wildman–Crippen LogP) is 2.95. The van der Waals surface area contributed by atoms with Crippen molar-refractivity contribution in [3.05, 3.63) is 18.2 Å². The first-order valence-corrected chi connectivity index (χ1v) is 7.60. The van der Waals surface area contributed by atoms with Crippen LogP contribution in [0.3, 0.4) is 0 Å².